The van der Waals surface area contributed by atoms with Crippen molar-refractivity contribution in [3.63, 3.8) is 0 Å². The van der Waals surface area contributed by atoms with Gasteiger partial charge in [0.1, 0.15) is 6.23 Å². The SMILES string of the molecule is C/C=C\C=C\OC(C)NC. The summed E-state index contributed by atoms with van der Waals surface area (Å²) in [5, 5.41) is 2.94. The van der Waals surface area contributed by atoms with E-state index < -0.39 is 0 Å². The van der Waals surface area contributed by atoms with E-state index in [0.717, 1.165) is 0 Å². The Kier molecular flexibility index (Phi) is 5.88. The molecular weight excluding hydrogens is 126 g/mol. The van der Waals surface area contributed by atoms with Crippen LogP contribution in [0.15, 0.2) is 24.5 Å². The van der Waals surface area contributed by atoms with Crippen LogP contribution in [0.25, 0.3) is 0 Å². The van der Waals surface area contributed by atoms with Gasteiger partial charge in [0.25, 0.3) is 0 Å². The van der Waals surface area contributed by atoms with Gasteiger partial charge in [-0.3, -0.25) is 5.32 Å². The Morgan fingerprint density at radius 2 is 2.10 bits per heavy atom. The average molecular weight is 141 g/mol. The van der Waals surface area contributed by atoms with Crippen LogP contribution < -0.4 is 5.32 Å². The van der Waals surface area contributed by atoms with Crippen molar-refractivity contribution in [2.75, 3.05) is 7.05 Å². The number of hydrogen-bond acceptors (Lipinski definition) is 2. The van der Waals surface area contributed by atoms with Crippen LogP contribution in [0.3, 0.4) is 0 Å². The first kappa shape index (κ1) is 9.24. The van der Waals surface area contributed by atoms with Crippen molar-refractivity contribution >= 4 is 0 Å². The molecule has 0 heterocycles. The van der Waals surface area contributed by atoms with Gasteiger partial charge in [-0.15, -0.1) is 0 Å². The minimum absolute atomic E-state index is 0.0847. The predicted octanol–water partition coefficient (Wildman–Crippen LogP) is 1.66. The van der Waals surface area contributed by atoms with E-state index in [1.807, 2.05) is 39.1 Å². The van der Waals surface area contributed by atoms with E-state index in [4.69, 9.17) is 4.74 Å². The van der Waals surface area contributed by atoms with Crippen LogP contribution >= 0.6 is 0 Å². The molecule has 0 saturated carbocycles. The van der Waals surface area contributed by atoms with Gasteiger partial charge < -0.3 is 4.74 Å². The lowest BCUT2D eigenvalue weighted by atomic mass is 10.5. The zero-order chi connectivity index (χ0) is 7.82. The summed E-state index contributed by atoms with van der Waals surface area (Å²) in [5.41, 5.74) is 0. The molecule has 0 bridgehead atoms. The second-order valence-corrected chi connectivity index (χ2v) is 1.92. The molecule has 0 aliphatic rings. The van der Waals surface area contributed by atoms with Crippen molar-refractivity contribution in [1.82, 2.24) is 5.32 Å². The number of hydrogen-bond donors (Lipinski definition) is 1. The second-order valence-electron chi connectivity index (χ2n) is 1.92. The summed E-state index contributed by atoms with van der Waals surface area (Å²) in [6, 6.07) is 0. The lowest BCUT2D eigenvalue weighted by molar-refractivity contribution is 0.137. The Morgan fingerprint density at radius 1 is 1.40 bits per heavy atom. The fourth-order valence-corrected chi connectivity index (χ4v) is 0.388. The van der Waals surface area contributed by atoms with Gasteiger partial charge in [0.15, 0.2) is 0 Å². The monoisotopic (exact) mass is 141 g/mol. The summed E-state index contributed by atoms with van der Waals surface area (Å²) >= 11 is 0. The maximum absolute atomic E-state index is 5.15. The maximum atomic E-state index is 5.15. The van der Waals surface area contributed by atoms with Crippen LogP contribution in [0.2, 0.25) is 0 Å². The van der Waals surface area contributed by atoms with Crippen molar-refractivity contribution in [3.05, 3.63) is 24.5 Å². The summed E-state index contributed by atoms with van der Waals surface area (Å²) in [6.45, 7) is 3.91. The summed E-state index contributed by atoms with van der Waals surface area (Å²) in [5.74, 6) is 0. The van der Waals surface area contributed by atoms with Crippen molar-refractivity contribution in [2.45, 2.75) is 20.1 Å². The molecule has 0 radical (unpaired) electrons. The first-order chi connectivity index (χ1) is 4.81. The molecule has 0 aromatic heterocycles. The summed E-state index contributed by atoms with van der Waals surface area (Å²) in [4.78, 5) is 0. The van der Waals surface area contributed by atoms with Gasteiger partial charge in [-0.1, -0.05) is 12.2 Å². The van der Waals surface area contributed by atoms with Gasteiger partial charge in [-0.2, -0.15) is 0 Å². The number of rotatable bonds is 4. The number of ether oxygens (including phenoxy) is 1. The van der Waals surface area contributed by atoms with Gasteiger partial charge in [0, 0.05) is 0 Å². The minimum atomic E-state index is 0.0847. The van der Waals surface area contributed by atoms with Gasteiger partial charge in [-0.25, -0.2) is 0 Å². The number of allylic oxidation sites excluding steroid dienone is 3. The molecule has 2 nitrogen and oxygen atoms in total. The second kappa shape index (κ2) is 6.36. The fourth-order valence-electron chi connectivity index (χ4n) is 0.388. The van der Waals surface area contributed by atoms with Gasteiger partial charge in [0.05, 0.1) is 6.26 Å². The predicted molar refractivity (Wildman–Crippen MR) is 43.6 cm³/mol. The molecule has 0 amide bonds. The molecule has 0 aliphatic carbocycles. The fraction of sp³-hybridized carbons (Fsp3) is 0.500. The third-order valence-corrected chi connectivity index (χ3v) is 1.07. The van der Waals surface area contributed by atoms with Crippen LogP contribution in [0.4, 0.5) is 0 Å². The van der Waals surface area contributed by atoms with Crippen LogP contribution in [0.5, 0.6) is 0 Å². The molecule has 1 unspecified atom stereocenters. The van der Waals surface area contributed by atoms with E-state index in [0.29, 0.717) is 0 Å². The van der Waals surface area contributed by atoms with Crippen LogP contribution in [0, 0.1) is 0 Å². The van der Waals surface area contributed by atoms with E-state index in [1.54, 1.807) is 6.26 Å². The highest BCUT2D eigenvalue weighted by molar-refractivity contribution is 4.97. The Labute approximate surface area is 62.6 Å². The molecule has 2 heteroatoms. The van der Waals surface area contributed by atoms with Gasteiger partial charge >= 0.3 is 0 Å². The highest BCUT2D eigenvalue weighted by atomic mass is 16.5. The normalized spacial score (nSPS) is 14.7. The third-order valence-electron chi connectivity index (χ3n) is 1.07. The average Bonchev–Trinajstić information content (AvgIpc) is 1.98. The zero-order valence-electron chi connectivity index (χ0n) is 6.79. The van der Waals surface area contributed by atoms with Crippen molar-refractivity contribution in [1.29, 1.82) is 0 Å². The molecule has 0 aromatic rings. The molecule has 58 valence electrons. The quantitative estimate of drug-likeness (QED) is 0.365. The van der Waals surface area contributed by atoms with Gasteiger partial charge in [-0.05, 0) is 27.0 Å². The Hall–Kier alpha value is -0.760. The summed E-state index contributed by atoms with van der Waals surface area (Å²) in [6.07, 6.45) is 7.47. The van der Waals surface area contributed by atoms with Gasteiger partial charge in [0.2, 0.25) is 0 Å². The highest BCUT2D eigenvalue weighted by Crippen LogP contribution is 1.85. The first-order valence-corrected chi connectivity index (χ1v) is 3.41. The first-order valence-electron chi connectivity index (χ1n) is 3.41. The molecule has 0 aromatic carbocycles. The Bertz CT molecular complexity index is 118. The summed E-state index contributed by atoms with van der Waals surface area (Å²) in [7, 11) is 1.86. The minimum Gasteiger partial charge on any atom is -0.483 e. The molecule has 0 fully saturated rings. The van der Waals surface area contributed by atoms with E-state index in [1.165, 1.54) is 0 Å². The third kappa shape index (κ3) is 5.38. The van der Waals surface area contributed by atoms with Crippen molar-refractivity contribution in [2.24, 2.45) is 0 Å². The van der Waals surface area contributed by atoms with E-state index in [2.05, 4.69) is 5.32 Å². The topological polar surface area (TPSA) is 21.3 Å². The standard InChI is InChI=1S/C8H15NO/c1-4-5-6-7-10-8(2)9-3/h4-9H,1-3H3/b5-4-,7-6+. The van der Waals surface area contributed by atoms with Crippen molar-refractivity contribution < 1.29 is 4.74 Å². The molecule has 0 rings (SSSR count). The molecular formula is C8H15NO. The van der Waals surface area contributed by atoms with Crippen LogP contribution in [-0.4, -0.2) is 13.3 Å². The maximum Gasteiger partial charge on any atom is 0.146 e. The smallest absolute Gasteiger partial charge is 0.146 e. The zero-order valence-corrected chi connectivity index (χ0v) is 6.79. The highest BCUT2D eigenvalue weighted by Gasteiger charge is 1.89. The summed E-state index contributed by atoms with van der Waals surface area (Å²) < 4.78 is 5.15. The van der Waals surface area contributed by atoms with E-state index in [9.17, 15) is 0 Å². The lowest BCUT2D eigenvalue weighted by Crippen LogP contribution is -2.22. The van der Waals surface area contributed by atoms with Crippen LogP contribution in [-0.2, 0) is 4.74 Å². The lowest BCUT2D eigenvalue weighted by Gasteiger charge is -2.07. The largest absolute Gasteiger partial charge is 0.483 e. The van der Waals surface area contributed by atoms with E-state index in [-0.39, 0.29) is 6.23 Å². The Balaban J connectivity index is 3.33. The molecule has 0 aliphatic heterocycles. The Morgan fingerprint density at radius 3 is 2.60 bits per heavy atom. The van der Waals surface area contributed by atoms with Crippen LogP contribution in [0.1, 0.15) is 13.8 Å². The molecule has 1 N–H and O–H groups in total. The molecule has 0 spiro atoms. The molecule has 0 saturated heterocycles. The molecule has 1 atom stereocenters. The van der Waals surface area contributed by atoms with Crippen molar-refractivity contribution in [3.8, 4) is 0 Å². The van der Waals surface area contributed by atoms with E-state index >= 15 is 0 Å². The number of nitrogens with one attached hydrogen (secondary N) is 1. The molecule has 10 heavy (non-hydrogen) atoms.